The Labute approximate surface area is 224 Å². The van der Waals surface area contributed by atoms with E-state index in [0.717, 1.165) is 39.9 Å². The molecule has 1 aromatic carbocycles. The monoisotopic (exact) mass is 572 g/mol. The van der Waals surface area contributed by atoms with Gasteiger partial charge in [-0.3, -0.25) is 10.6 Å². The highest BCUT2D eigenvalue weighted by atomic mass is 32.1. The second-order valence-electron chi connectivity index (χ2n) is 9.23. The molecule has 0 amide bonds. The SMILES string of the molecule is FC(F)Oc1cccc2c1CNC(c1csc(C3CCN(C=Cn4nc(C(F)F)cc4C(F)F)CC3)n1)NC2. The van der Waals surface area contributed by atoms with Gasteiger partial charge in [-0.15, -0.1) is 11.3 Å². The molecule has 210 valence electrons. The van der Waals surface area contributed by atoms with E-state index in [0.29, 0.717) is 31.7 Å². The third-order valence-electron chi connectivity index (χ3n) is 6.79. The van der Waals surface area contributed by atoms with E-state index in [1.807, 2.05) is 16.3 Å². The minimum atomic E-state index is -2.92. The van der Waals surface area contributed by atoms with Gasteiger partial charge in [0.2, 0.25) is 0 Å². The number of hydrogen-bond acceptors (Lipinski definition) is 7. The normalized spacial score (nSPS) is 18.9. The number of hydrogen-bond donors (Lipinski definition) is 2. The minimum Gasteiger partial charge on any atom is -0.434 e. The number of nitrogens with zero attached hydrogens (tertiary/aromatic N) is 4. The van der Waals surface area contributed by atoms with Gasteiger partial charge in [-0.1, -0.05) is 12.1 Å². The Kier molecular flexibility index (Phi) is 8.43. The van der Waals surface area contributed by atoms with Crippen molar-refractivity contribution in [2.75, 3.05) is 13.1 Å². The van der Waals surface area contributed by atoms with Crippen LogP contribution in [0.1, 0.15) is 71.0 Å². The number of halogens is 6. The van der Waals surface area contributed by atoms with Crippen molar-refractivity contribution >= 4 is 17.5 Å². The van der Waals surface area contributed by atoms with Crippen LogP contribution >= 0.6 is 11.3 Å². The van der Waals surface area contributed by atoms with E-state index in [2.05, 4.69) is 20.5 Å². The highest BCUT2D eigenvalue weighted by molar-refractivity contribution is 7.09. The minimum absolute atomic E-state index is 0.157. The van der Waals surface area contributed by atoms with Crippen molar-refractivity contribution < 1.29 is 31.1 Å². The number of fused-ring (bicyclic) bond motifs is 1. The van der Waals surface area contributed by atoms with E-state index >= 15 is 0 Å². The smallest absolute Gasteiger partial charge is 0.387 e. The zero-order valence-electron chi connectivity index (χ0n) is 20.5. The van der Waals surface area contributed by atoms with Crippen LogP contribution < -0.4 is 15.4 Å². The predicted molar refractivity (Wildman–Crippen MR) is 133 cm³/mol. The molecule has 1 atom stereocenters. The number of thiazole rings is 1. The molecule has 0 spiro atoms. The molecule has 1 unspecified atom stereocenters. The largest absolute Gasteiger partial charge is 0.434 e. The number of piperidine rings is 1. The summed E-state index contributed by atoms with van der Waals surface area (Å²) in [4.78, 5) is 6.78. The maximum atomic E-state index is 13.2. The molecule has 14 heteroatoms. The Morgan fingerprint density at radius 2 is 1.77 bits per heavy atom. The Balaban J connectivity index is 1.18. The average Bonchev–Trinajstić information content (AvgIpc) is 3.51. The molecule has 0 saturated carbocycles. The van der Waals surface area contributed by atoms with Crippen LogP contribution in [-0.2, 0) is 13.1 Å². The van der Waals surface area contributed by atoms with Gasteiger partial charge in [0.05, 0.1) is 10.7 Å². The van der Waals surface area contributed by atoms with E-state index in [1.54, 1.807) is 23.6 Å². The Morgan fingerprint density at radius 1 is 1.00 bits per heavy atom. The summed E-state index contributed by atoms with van der Waals surface area (Å²) in [6.45, 7) is -0.801. The van der Waals surface area contributed by atoms with Crippen molar-refractivity contribution in [2.45, 2.75) is 57.5 Å². The lowest BCUT2D eigenvalue weighted by atomic mass is 9.98. The van der Waals surface area contributed by atoms with Crippen molar-refractivity contribution in [1.82, 2.24) is 30.3 Å². The number of aromatic nitrogens is 3. The summed E-state index contributed by atoms with van der Waals surface area (Å²) in [7, 11) is 0. The lowest BCUT2D eigenvalue weighted by Crippen LogP contribution is -2.31. The van der Waals surface area contributed by atoms with Gasteiger partial charge in [0.15, 0.2) is 0 Å². The van der Waals surface area contributed by atoms with Crippen LogP contribution in [0, 0.1) is 0 Å². The quantitative estimate of drug-likeness (QED) is 0.322. The second-order valence-corrected chi connectivity index (χ2v) is 10.1. The molecule has 0 aliphatic carbocycles. The van der Waals surface area contributed by atoms with Crippen molar-refractivity contribution in [3.05, 3.63) is 69.1 Å². The van der Waals surface area contributed by atoms with E-state index < -0.39 is 30.9 Å². The first-order valence-corrected chi connectivity index (χ1v) is 13.2. The Morgan fingerprint density at radius 3 is 2.49 bits per heavy atom. The molecular formula is C25H26F6N6OS. The fourth-order valence-electron chi connectivity index (χ4n) is 4.77. The number of alkyl halides is 6. The van der Waals surface area contributed by atoms with Crippen LogP contribution in [0.25, 0.3) is 6.20 Å². The van der Waals surface area contributed by atoms with Crippen LogP contribution in [-0.4, -0.2) is 39.4 Å². The zero-order chi connectivity index (χ0) is 27.5. The number of ether oxygens (including phenoxy) is 1. The number of likely N-dealkylation sites (tertiary alicyclic amines) is 1. The first-order valence-electron chi connectivity index (χ1n) is 12.3. The topological polar surface area (TPSA) is 67.2 Å². The van der Waals surface area contributed by atoms with Gasteiger partial charge < -0.3 is 9.64 Å². The van der Waals surface area contributed by atoms with E-state index in [9.17, 15) is 26.3 Å². The number of benzene rings is 1. The predicted octanol–water partition coefficient (Wildman–Crippen LogP) is 6.02. The van der Waals surface area contributed by atoms with Gasteiger partial charge in [-0.25, -0.2) is 27.2 Å². The van der Waals surface area contributed by atoms with Crippen molar-refractivity contribution in [3.8, 4) is 5.75 Å². The summed E-state index contributed by atoms with van der Waals surface area (Å²) in [5, 5.41) is 13.2. The molecule has 5 rings (SSSR count). The molecule has 2 aromatic heterocycles. The molecule has 2 N–H and O–H groups in total. The molecule has 7 nitrogen and oxygen atoms in total. The molecular weight excluding hydrogens is 546 g/mol. The third-order valence-corrected chi connectivity index (χ3v) is 7.81. The van der Waals surface area contributed by atoms with Gasteiger partial charge in [0.25, 0.3) is 12.9 Å². The summed E-state index contributed by atoms with van der Waals surface area (Å²) in [5.74, 6) is 0.374. The molecule has 1 fully saturated rings. The lowest BCUT2D eigenvalue weighted by molar-refractivity contribution is -0.0505. The van der Waals surface area contributed by atoms with Crippen LogP contribution in [0.15, 0.2) is 35.8 Å². The van der Waals surface area contributed by atoms with Gasteiger partial charge in [-0.05, 0) is 30.5 Å². The fourth-order valence-corrected chi connectivity index (χ4v) is 5.79. The highest BCUT2D eigenvalue weighted by Gasteiger charge is 2.26. The first-order chi connectivity index (χ1) is 18.8. The van der Waals surface area contributed by atoms with Gasteiger partial charge in [-0.2, -0.15) is 13.9 Å². The van der Waals surface area contributed by atoms with Crippen LogP contribution in [0.4, 0.5) is 26.3 Å². The van der Waals surface area contributed by atoms with E-state index in [4.69, 9.17) is 4.98 Å². The Bertz CT molecular complexity index is 1290. The number of rotatable bonds is 8. The van der Waals surface area contributed by atoms with E-state index in [-0.39, 0.29) is 17.8 Å². The molecule has 0 radical (unpaired) electrons. The van der Waals surface area contributed by atoms with E-state index in [1.165, 1.54) is 12.3 Å². The Hall–Kier alpha value is -3.10. The van der Waals surface area contributed by atoms with Crippen LogP contribution in [0.5, 0.6) is 5.75 Å². The molecule has 2 aliphatic heterocycles. The van der Waals surface area contributed by atoms with Crippen molar-refractivity contribution in [2.24, 2.45) is 0 Å². The van der Waals surface area contributed by atoms with Gasteiger partial charge in [0, 0.05) is 55.4 Å². The molecule has 2 aliphatic rings. The molecule has 39 heavy (non-hydrogen) atoms. The fraction of sp³-hybridized carbons (Fsp3) is 0.440. The van der Waals surface area contributed by atoms with Crippen LogP contribution in [0.2, 0.25) is 0 Å². The maximum absolute atomic E-state index is 13.2. The summed E-state index contributed by atoms with van der Waals surface area (Å²) >= 11 is 1.55. The standard InChI is InChI=1S/C25H26F6N6OS/c26-21(27)17-10-19(22(28)29)37(35-17)9-8-36-6-4-14(5-7-36)24-34-18(13-39-24)23-32-11-15-2-1-3-20(38-25(30)31)16(15)12-33-23/h1-3,8-10,13-14,21-23,25,32-33H,4-7,11-12H2. The molecule has 0 bridgehead atoms. The summed E-state index contributed by atoms with van der Waals surface area (Å²) < 4.78 is 83.3. The second kappa shape index (κ2) is 12.0. The summed E-state index contributed by atoms with van der Waals surface area (Å²) in [6, 6.07) is 5.81. The summed E-state index contributed by atoms with van der Waals surface area (Å²) in [6.07, 6.45) is -1.65. The average molecular weight is 573 g/mol. The highest BCUT2D eigenvalue weighted by Crippen LogP contribution is 2.33. The first kappa shape index (κ1) is 27.5. The van der Waals surface area contributed by atoms with Crippen molar-refractivity contribution in [3.63, 3.8) is 0 Å². The third kappa shape index (κ3) is 6.39. The lowest BCUT2D eigenvalue weighted by Gasteiger charge is -2.30. The zero-order valence-corrected chi connectivity index (χ0v) is 21.4. The number of nitrogens with one attached hydrogen (secondary N) is 2. The summed E-state index contributed by atoms with van der Waals surface area (Å²) in [5.41, 5.74) is 1.12. The van der Waals surface area contributed by atoms with Crippen LogP contribution in [0.3, 0.4) is 0 Å². The van der Waals surface area contributed by atoms with Crippen molar-refractivity contribution in [1.29, 1.82) is 0 Å². The maximum Gasteiger partial charge on any atom is 0.387 e. The van der Waals surface area contributed by atoms with Gasteiger partial charge in [0.1, 0.15) is 23.3 Å². The molecule has 4 heterocycles. The van der Waals surface area contributed by atoms with Gasteiger partial charge >= 0.3 is 6.61 Å². The molecule has 1 saturated heterocycles. The molecule has 3 aromatic rings.